The molecule has 2 aromatic rings. The molecule has 1 N–H and O–H groups in total. The normalized spacial score (nSPS) is 22.3. The Balaban J connectivity index is 2.25. The number of likely N-dealkylation sites (tertiary alicyclic amines) is 1. The summed E-state index contributed by atoms with van der Waals surface area (Å²) in [7, 11) is 1.36. The van der Waals surface area contributed by atoms with E-state index in [9.17, 15) is 14.4 Å². The van der Waals surface area contributed by atoms with Gasteiger partial charge in [0.1, 0.15) is 6.04 Å². The van der Waals surface area contributed by atoms with Crippen molar-refractivity contribution in [2.45, 2.75) is 58.5 Å². The molecule has 1 heterocycles. The number of hydrogen-bond donors (Lipinski definition) is 1. The minimum absolute atomic E-state index is 0.148. The molecule has 4 unspecified atom stereocenters. The molecule has 4 atom stereocenters. The molecule has 3 rings (SSSR count). The zero-order chi connectivity index (χ0) is 24.9. The first-order valence-corrected chi connectivity index (χ1v) is 12.0. The number of nitrogens with one attached hydrogen (secondary N) is 1. The molecule has 1 aliphatic heterocycles. The molecule has 0 bridgehead atoms. The van der Waals surface area contributed by atoms with Crippen molar-refractivity contribution in [2.24, 2.45) is 11.3 Å². The van der Waals surface area contributed by atoms with E-state index in [0.717, 1.165) is 17.5 Å². The number of methoxy groups -OCH3 is 1. The van der Waals surface area contributed by atoms with E-state index >= 15 is 0 Å². The topological polar surface area (TPSA) is 75.7 Å². The largest absolute Gasteiger partial charge is 0.469 e. The summed E-state index contributed by atoms with van der Waals surface area (Å²) in [5.41, 5.74) is 1.36. The number of nitrogens with zero attached hydrogens (tertiary/aromatic N) is 1. The summed E-state index contributed by atoms with van der Waals surface area (Å²) in [6, 6.07) is 17.5. The minimum Gasteiger partial charge on any atom is -0.469 e. The van der Waals surface area contributed by atoms with Gasteiger partial charge in [0.25, 0.3) is 0 Å². The second-order valence-corrected chi connectivity index (χ2v) is 10.1. The number of carbonyl (C=O) groups is 3. The fourth-order valence-electron chi connectivity index (χ4n) is 4.90. The van der Waals surface area contributed by atoms with Gasteiger partial charge in [0.15, 0.2) is 0 Å². The van der Waals surface area contributed by atoms with E-state index in [-0.39, 0.29) is 23.7 Å². The van der Waals surface area contributed by atoms with Crippen LogP contribution in [0.1, 0.15) is 63.6 Å². The van der Waals surface area contributed by atoms with E-state index in [1.165, 1.54) is 7.11 Å². The number of amides is 2. The fraction of sp³-hybridized carbons (Fsp3) is 0.464. The van der Waals surface area contributed by atoms with E-state index in [4.69, 9.17) is 4.74 Å². The molecule has 1 aliphatic rings. The van der Waals surface area contributed by atoms with Gasteiger partial charge in [-0.05, 0) is 23.0 Å². The standard InChI is InChI=1S/C28H36N2O4/c1-6-17-29-26(32)25-22(19-13-9-7-10-14-19)23(27(33)34-5)24(20-15-11-8-12-16-20)30(25)21(31)18-28(2,3)4/h7-16,22-25H,6,17-18H2,1-5H3,(H,29,32). The Hall–Kier alpha value is -3.15. The van der Waals surface area contributed by atoms with Crippen molar-refractivity contribution >= 4 is 17.8 Å². The van der Waals surface area contributed by atoms with Gasteiger partial charge in [-0.2, -0.15) is 0 Å². The third kappa shape index (κ3) is 5.49. The van der Waals surface area contributed by atoms with Crippen molar-refractivity contribution in [1.82, 2.24) is 10.2 Å². The highest BCUT2D eigenvalue weighted by atomic mass is 16.5. The molecule has 6 heteroatoms. The lowest BCUT2D eigenvalue weighted by Gasteiger charge is -2.33. The van der Waals surface area contributed by atoms with Crippen LogP contribution in [-0.2, 0) is 19.1 Å². The Kier molecular flexibility index (Phi) is 8.13. The number of hydrogen-bond acceptors (Lipinski definition) is 4. The highest BCUT2D eigenvalue weighted by Gasteiger charge is 2.57. The molecule has 34 heavy (non-hydrogen) atoms. The Morgan fingerprint density at radius 1 is 0.941 bits per heavy atom. The first-order chi connectivity index (χ1) is 16.2. The third-order valence-corrected chi connectivity index (χ3v) is 6.25. The molecule has 2 aromatic carbocycles. The van der Waals surface area contributed by atoms with Gasteiger partial charge in [-0.15, -0.1) is 0 Å². The maximum absolute atomic E-state index is 13.9. The highest BCUT2D eigenvalue weighted by molar-refractivity contribution is 5.92. The summed E-state index contributed by atoms with van der Waals surface area (Å²) in [6.07, 6.45) is 1.02. The zero-order valence-corrected chi connectivity index (χ0v) is 20.8. The average Bonchev–Trinajstić information content (AvgIpc) is 3.18. The summed E-state index contributed by atoms with van der Waals surface area (Å²) in [5.74, 6) is -2.09. The molecule has 1 saturated heterocycles. The van der Waals surface area contributed by atoms with Gasteiger partial charge >= 0.3 is 5.97 Å². The van der Waals surface area contributed by atoms with Crippen molar-refractivity contribution in [1.29, 1.82) is 0 Å². The van der Waals surface area contributed by atoms with E-state index < -0.39 is 29.9 Å². The molecule has 0 aromatic heterocycles. The van der Waals surface area contributed by atoms with E-state index in [2.05, 4.69) is 5.32 Å². The third-order valence-electron chi connectivity index (χ3n) is 6.25. The Morgan fingerprint density at radius 2 is 1.50 bits per heavy atom. The first kappa shape index (κ1) is 25.5. The minimum atomic E-state index is -0.835. The average molecular weight is 465 g/mol. The van der Waals surface area contributed by atoms with Crippen LogP contribution >= 0.6 is 0 Å². The molecule has 0 saturated carbocycles. The van der Waals surface area contributed by atoms with Crippen molar-refractivity contribution in [3.8, 4) is 0 Å². The van der Waals surface area contributed by atoms with Crippen molar-refractivity contribution in [3.05, 3.63) is 71.8 Å². The molecule has 1 fully saturated rings. The Morgan fingerprint density at radius 3 is 2.00 bits per heavy atom. The summed E-state index contributed by atoms with van der Waals surface area (Å²) < 4.78 is 5.27. The summed E-state index contributed by atoms with van der Waals surface area (Å²) in [4.78, 5) is 42.5. The first-order valence-electron chi connectivity index (χ1n) is 12.0. The van der Waals surface area contributed by atoms with Crippen LogP contribution in [0.3, 0.4) is 0 Å². The zero-order valence-electron chi connectivity index (χ0n) is 20.8. The van der Waals surface area contributed by atoms with Crippen LogP contribution < -0.4 is 5.32 Å². The summed E-state index contributed by atoms with van der Waals surface area (Å²) in [6.45, 7) is 8.47. The van der Waals surface area contributed by atoms with Gasteiger partial charge in [0, 0.05) is 18.9 Å². The van der Waals surface area contributed by atoms with Crippen molar-refractivity contribution < 1.29 is 19.1 Å². The monoisotopic (exact) mass is 464 g/mol. The van der Waals surface area contributed by atoms with Crippen molar-refractivity contribution in [3.63, 3.8) is 0 Å². The lowest BCUT2D eigenvalue weighted by atomic mass is 9.80. The Labute approximate surface area is 202 Å². The fourth-order valence-corrected chi connectivity index (χ4v) is 4.90. The quantitative estimate of drug-likeness (QED) is 0.614. The number of rotatable bonds is 7. The summed E-state index contributed by atoms with van der Waals surface area (Å²) >= 11 is 0. The molecule has 6 nitrogen and oxygen atoms in total. The van der Waals surface area contributed by atoms with E-state index in [1.807, 2.05) is 88.4 Å². The van der Waals surface area contributed by atoms with Crippen LogP contribution in [-0.4, -0.2) is 42.4 Å². The molecule has 182 valence electrons. The Bertz CT molecular complexity index is 984. The number of esters is 1. The van der Waals surface area contributed by atoms with Gasteiger partial charge in [-0.25, -0.2) is 0 Å². The van der Waals surface area contributed by atoms with Gasteiger partial charge in [-0.3, -0.25) is 14.4 Å². The van der Waals surface area contributed by atoms with Crippen LogP contribution in [0.15, 0.2) is 60.7 Å². The maximum atomic E-state index is 13.9. The smallest absolute Gasteiger partial charge is 0.311 e. The van der Waals surface area contributed by atoms with Gasteiger partial charge < -0.3 is 15.0 Å². The van der Waals surface area contributed by atoms with Gasteiger partial charge in [0.2, 0.25) is 11.8 Å². The SMILES string of the molecule is CCCNC(=O)C1C(c2ccccc2)C(C(=O)OC)C(c2ccccc2)N1C(=O)CC(C)(C)C. The second-order valence-electron chi connectivity index (χ2n) is 10.1. The highest BCUT2D eigenvalue weighted by Crippen LogP contribution is 2.51. The van der Waals surface area contributed by atoms with Crippen LogP contribution in [0.25, 0.3) is 0 Å². The van der Waals surface area contributed by atoms with E-state index in [1.54, 1.807) is 4.90 Å². The van der Waals surface area contributed by atoms with Crippen molar-refractivity contribution in [2.75, 3.05) is 13.7 Å². The maximum Gasteiger partial charge on any atom is 0.311 e. The molecular weight excluding hydrogens is 428 g/mol. The lowest BCUT2D eigenvalue weighted by Crippen LogP contribution is -2.49. The van der Waals surface area contributed by atoms with Crippen LogP contribution in [0, 0.1) is 11.3 Å². The molecule has 0 radical (unpaired) electrons. The second kappa shape index (κ2) is 10.9. The molecule has 0 aliphatic carbocycles. The van der Waals surface area contributed by atoms with E-state index in [0.29, 0.717) is 6.54 Å². The molecule has 2 amide bonds. The number of benzene rings is 2. The van der Waals surface area contributed by atoms with Gasteiger partial charge in [0.05, 0.1) is 19.1 Å². The molecule has 0 spiro atoms. The predicted octanol–water partition coefficient (Wildman–Crippen LogP) is 4.47. The van der Waals surface area contributed by atoms with Crippen LogP contribution in [0.4, 0.5) is 0 Å². The summed E-state index contributed by atoms with van der Waals surface area (Å²) in [5, 5.41) is 2.99. The number of ether oxygens (including phenoxy) is 1. The van der Waals surface area contributed by atoms with Crippen LogP contribution in [0.5, 0.6) is 0 Å². The lowest BCUT2D eigenvalue weighted by molar-refractivity contribution is -0.148. The number of carbonyl (C=O) groups excluding carboxylic acids is 3. The van der Waals surface area contributed by atoms with Crippen LogP contribution in [0.2, 0.25) is 0 Å². The molecular formula is C28H36N2O4. The predicted molar refractivity (Wildman–Crippen MR) is 132 cm³/mol. The van der Waals surface area contributed by atoms with Gasteiger partial charge in [-0.1, -0.05) is 88.4 Å².